The van der Waals surface area contributed by atoms with Crippen molar-refractivity contribution < 1.29 is 4.79 Å². The van der Waals surface area contributed by atoms with Gasteiger partial charge in [0.05, 0.1) is 0 Å². The van der Waals surface area contributed by atoms with Crippen LogP contribution in [-0.2, 0) is 4.79 Å². The summed E-state index contributed by atoms with van der Waals surface area (Å²) in [5.41, 5.74) is 6.67. The first-order chi connectivity index (χ1) is 8.15. The topological polar surface area (TPSA) is 46.3 Å². The van der Waals surface area contributed by atoms with E-state index in [0.717, 1.165) is 13.0 Å². The summed E-state index contributed by atoms with van der Waals surface area (Å²) in [7, 11) is 1.86. The van der Waals surface area contributed by atoms with Crippen molar-refractivity contribution in [3.05, 3.63) is 35.9 Å². The molecule has 3 nitrogen and oxygen atoms in total. The lowest BCUT2D eigenvalue weighted by Crippen LogP contribution is -2.30. The van der Waals surface area contributed by atoms with E-state index in [1.165, 1.54) is 5.56 Å². The SMILES string of the molecule is CC(CN(C)C(=O)CCCN)c1ccccc1.Cl. The lowest BCUT2D eigenvalue weighted by atomic mass is 10.0. The Morgan fingerprint density at radius 1 is 1.33 bits per heavy atom. The number of benzene rings is 1. The summed E-state index contributed by atoms with van der Waals surface area (Å²) in [5, 5.41) is 0. The monoisotopic (exact) mass is 270 g/mol. The summed E-state index contributed by atoms with van der Waals surface area (Å²) in [6.07, 6.45) is 1.32. The van der Waals surface area contributed by atoms with E-state index in [-0.39, 0.29) is 18.3 Å². The molecule has 0 heterocycles. The molecule has 0 spiro atoms. The molecule has 1 amide bonds. The summed E-state index contributed by atoms with van der Waals surface area (Å²) in [6, 6.07) is 10.3. The van der Waals surface area contributed by atoms with Crippen molar-refractivity contribution in [3.63, 3.8) is 0 Å². The van der Waals surface area contributed by atoms with E-state index in [4.69, 9.17) is 5.73 Å². The molecule has 0 radical (unpaired) electrons. The number of hydrogen-bond acceptors (Lipinski definition) is 2. The van der Waals surface area contributed by atoms with Crippen molar-refractivity contribution in [2.24, 2.45) is 5.73 Å². The zero-order valence-corrected chi connectivity index (χ0v) is 12.0. The van der Waals surface area contributed by atoms with Gasteiger partial charge in [-0.25, -0.2) is 0 Å². The van der Waals surface area contributed by atoms with Gasteiger partial charge in [0.25, 0.3) is 0 Å². The highest BCUT2D eigenvalue weighted by atomic mass is 35.5. The van der Waals surface area contributed by atoms with Gasteiger partial charge in [-0.2, -0.15) is 0 Å². The van der Waals surface area contributed by atoms with Crippen molar-refractivity contribution in [2.45, 2.75) is 25.7 Å². The standard InChI is InChI=1S/C14H22N2O.ClH/c1-12(13-7-4-3-5-8-13)11-16(2)14(17)9-6-10-15;/h3-5,7-8,12H,6,9-11,15H2,1-2H3;1H. The molecule has 2 N–H and O–H groups in total. The fourth-order valence-corrected chi connectivity index (χ4v) is 1.84. The first-order valence-corrected chi connectivity index (χ1v) is 6.14. The van der Waals surface area contributed by atoms with Gasteiger partial charge >= 0.3 is 0 Å². The average Bonchev–Trinajstić information content (AvgIpc) is 2.36. The summed E-state index contributed by atoms with van der Waals surface area (Å²) in [4.78, 5) is 13.5. The van der Waals surface area contributed by atoms with Crippen LogP contribution in [0.3, 0.4) is 0 Å². The number of rotatable bonds is 6. The number of halogens is 1. The summed E-state index contributed by atoms with van der Waals surface area (Å²) in [5.74, 6) is 0.543. The molecule has 0 bridgehead atoms. The van der Waals surface area contributed by atoms with Gasteiger partial charge in [-0.15, -0.1) is 12.4 Å². The molecule has 18 heavy (non-hydrogen) atoms. The second-order valence-electron chi connectivity index (χ2n) is 4.48. The number of carbonyl (C=O) groups excluding carboxylic acids is 1. The highest BCUT2D eigenvalue weighted by Crippen LogP contribution is 2.15. The largest absolute Gasteiger partial charge is 0.345 e. The maximum absolute atomic E-state index is 11.7. The number of nitrogens with two attached hydrogens (primary N) is 1. The van der Waals surface area contributed by atoms with Crippen LogP contribution in [0.5, 0.6) is 0 Å². The van der Waals surface area contributed by atoms with E-state index < -0.39 is 0 Å². The van der Waals surface area contributed by atoms with Crippen LogP contribution in [-0.4, -0.2) is 30.9 Å². The van der Waals surface area contributed by atoms with Crippen molar-refractivity contribution in [1.29, 1.82) is 0 Å². The van der Waals surface area contributed by atoms with E-state index in [2.05, 4.69) is 19.1 Å². The van der Waals surface area contributed by atoms with Crippen LogP contribution in [0.15, 0.2) is 30.3 Å². The molecule has 0 aromatic heterocycles. The molecule has 0 aliphatic carbocycles. The first-order valence-electron chi connectivity index (χ1n) is 6.14. The third kappa shape index (κ3) is 5.52. The van der Waals surface area contributed by atoms with Gasteiger partial charge in [0.2, 0.25) is 5.91 Å². The Labute approximate surface area is 116 Å². The molecule has 0 aliphatic rings. The molecule has 1 unspecified atom stereocenters. The average molecular weight is 271 g/mol. The minimum atomic E-state index is 0. The minimum Gasteiger partial charge on any atom is -0.345 e. The predicted octanol–water partition coefficient (Wildman–Crippen LogP) is 2.41. The molecule has 0 saturated carbocycles. The molecule has 0 aliphatic heterocycles. The van der Waals surface area contributed by atoms with Crippen LogP contribution in [0.25, 0.3) is 0 Å². The van der Waals surface area contributed by atoms with Crippen LogP contribution in [0, 0.1) is 0 Å². The van der Waals surface area contributed by atoms with Gasteiger partial charge in [0.1, 0.15) is 0 Å². The van der Waals surface area contributed by atoms with Crippen LogP contribution in [0.2, 0.25) is 0 Å². The molecule has 0 fully saturated rings. The van der Waals surface area contributed by atoms with Gasteiger partial charge < -0.3 is 10.6 Å². The van der Waals surface area contributed by atoms with E-state index >= 15 is 0 Å². The Morgan fingerprint density at radius 3 is 2.50 bits per heavy atom. The van der Waals surface area contributed by atoms with Crippen LogP contribution in [0.4, 0.5) is 0 Å². The molecule has 1 aromatic carbocycles. The van der Waals surface area contributed by atoms with E-state index in [1.807, 2.05) is 25.2 Å². The van der Waals surface area contributed by atoms with E-state index in [0.29, 0.717) is 18.9 Å². The van der Waals surface area contributed by atoms with E-state index in [1.54, 1.807) is 4.90 Å². The minimum absolute atomic E-state index is 0. The first kappa shape index (κ1) is 16.9. The molecule has 1 atom stereocenters. The molecule has 4 heteroatoms. The Balaban J connectivity index is 0.00000289. The zero-order valence-electron chi connectivity index (χ0n) is 11.1. The van der Waals surface area contributed by atoms with Gasteiger partial charge in [-0.3, -0.25) is 4.79 Å². The fraction of sp³-hybridized carbons (Fsp3) is 0.500. The quantitative estimate of drug-likeness (QED) is 0.863. The maximum Gasteiger partial charge on any atom is 0.222 e. The smallest absolute Gasteiger partial charge is 0.222 e. The Hall–Kier alpha value is -1.06. The van der Waals surface area contributed by atoms with Gasteiger partial charge in [0.15, 0.2) is 0 Å². The number of hydrogen-bond donors (Lipinski definition) is 1. The second kappa shape index (κ2) is 8.95. The normalized spacial score (nSPS) is 11.5. The summed E-state index contributed by atoms with van der Waals surface area (Å²) < 4.78 is 0. The van der Waals surface area contributed by atoms with Gasteiger partial charge in [-0.1, -0.05) is 37.3 Å². The molecule has 1 rings (SSSR count). The molecular weight excluding hydrogens is 248 g/mol. The molecule has 0 saturated heterocycles. The second-order valence-corrected chi connectivity index (χ2v) is 4.48. The van der Waals surface area contributed by atoms with E-state index in [9.17, 15) is 4.79 Å². The van der Waals surface area contributed by atoms with Crippen molar-refractivity contribution in [2.75, 3.05) is 20.1 Å². The highest BCUT2D eigenvalue weighted by Gasteiger charge is 2.12. The van der Waals surface area contributed by atoms with Crippen molar-refractivity contribution >= 4 is 18.3 Å². The molecule has 1 aromatic rings. The fourth-order valence-electron chi connectivity index (χ4n) is 1.84. The zero-order chi connectivity index (χ0) is 12.7. The van der Waals surface area contributed by atoms with Crippen molar-refractivity contribution in [1.82, 2.24) is 4.90 Å². The molecule has 102 valence electrons. The lowest BCUT2D eigenvalue weighted by Gasteiger charge is -2.22. The summed E-state index contributed by atoms with van der Waals surface area (Å²) >= 11 is 0. The Morgan fingerprint density at radius 2 is 1.94 bits per heavy atom. The van der Waals surface area contributed by atoms with Gasteiger partial charge in [0, 0.05) is 20.0 Å². The highest BCUT2D eigenvalue weighted by molar-refractivity contribution is 5.85. The van der Waals surface area contributed by atoms with Crippen molar-refractivity contribution in [3.8, 4) is 0 Å². The number of likely N-dealkylation sites (N-methyl/N-ethyl adjacent to an activating group) is 1. The number of amides is 1. The van der Waals surface area contributed by atoms with Crippen LogP contribution in [0.1, 0.15) is 31.2 Å². The number of nitrogens with zero attached hydrogens (tertiary/aromatic N) is 1. The predicted molar refractivity (Wildman–Crippen MR) is 78.0 cm³/mol. The third-order valence-electron chi connectivity index (χ3n) is 2.94. The maximum atomic E-state index is 11.7. The van der Waals surface area contributed by atoms with Gasteiger partial charge in [-0.05, 0) is 24.4 Å². The third-order valence-corrected chi connectivity index (χ3v) is 2.94. The summed E-state index contributed by atoms with van der Waals surface area (Å²) in [6.45, 7) is 3.48. The Bertz CT molecular complexity index is 343. The Kier molecular flexibility index (Phi) is 8.42. The number of carbonyl (C=O) groups is 1. The van der Waals surface area contributed by atoms with Crippen LogP contribution < -0.4 is 5.73 Å². The van der Waals surface area contributed by atoms with Crippen LogP contribution >= 0.6 is 12.4 Å². The lowest BCUT2D eigenvalue weighted by molar-refractivity contribution is -0.130. The molecular formula is C14H23ClN2O.